The Bertz CT molecular complexity index is 1230. The van der Waals surface area contributed by atoms with Gasteiger partial charge >= 0.3 is 5.97 Å². The molecule has 1 aliphatic heterocycles. The maximum atomic E-state index is 13.1. The lowest BCUT2D eigenvalue weighted by molar-refractivity contribution is -0.135. The molecule has 0 spiro atoms. The van der Waals surface area contributed by atoms with Crippen molar-refractivity contribution in [2.75, 3.05) is 20.8 Å². The molecule has 0 N–H and O–H groups in total. The van der Waals surface area contributed by atoms with Crippen molar-refractivity contribution in [2.24, 2.45) is 7.05 Å². The van der Waals surface area contributed by atoms with Crippen LogP contribution < -0.4 is 24.5 Å². The van der Waals surface area contributed by atoms with Gasteiger partial charge in [0.1, 0.15) is 11.5 Å². The van der Waals surface area contributed by atoms with Gasteiger partial charge in [-0.25, -0.2) is 0 Å². The number of carbonyl (C=O) groups is 1. The normalized spacial score (nSPS) is 14.9. The zero-order chi connectivity index (χ0) is 23.5. The van der Waals surface area contributed by atoms with Gasteiger partial charge in [-0.15, -0.1) is 0 Å². The summed E-state index contributed by atoms with van der Waals surface area (Å²) < 4.78 is 23.9. The highest BCUT2D eigenvalue weighted by Crippen LogP contribution is 2.43. The lowest BCUT2D eigenvalue weighted by Gasteiger charge is -2.27. The standard InChI is InChI=1S/C26H27NO6/c1-16-14-22-24(26(29)27(16)2)20(15-23(28)33-22)19-6-5-7-21(31-4)25(19)32-13-12-17-8-10-18(30-3)11-9-17/h5-11,14,20H,12-13,15H2,1-4H3. The van der Waals surface area contributed by atoms with Crippen LogP contribution in [-0.4, -0.2) is 31.4 Å². The minimum atomic E-state index is -0.494. The van der Waals surface area contributed by atoms with Gasteiger partial charge in [-0.2, -0.15) is 0 Å². The summed E-state index contributed by atoms with van der Waals surface area (Å²) in [6, 6.07) is 15.0. The molecule has 2 heterocycles. The first-order valence-corrected chi connectivity index (χ1v) is 10.8. The zero-order valence-electron chi connectivity index (χ0n) is 19.2. The van der Waals surface area contributed by atoms with Gasteiger partial charge in [0.25, 0.3) is 5.56 Å². The molecular formula is C26H27NO6. The minimum absolute atomic E-state index is 0.0489. The Hall–Kier alpha value is -3.74. The first kappa shape index (κ1) is 22.5. The van der Waals surface area contributed by atoms with Gasteiger partial charge in [-0.3, -0.25) is 9.59 Å². The molecule has 33 heavy (non-hydrogen) atoms. The van der Waals surface area contributed by atoms with Gasteiger partial charge in [0.15, 0.2) is 11.5 Å². The third-order valence-corrected chi connectivity index (χ3v) is 6.01. The maximum absolute atomic E-state index is 13.1. The SMILES string of the molecule is COc1ccc(CCOc2c(OC)cccc2C2CC(=O)Oc3cc(C)n(C)c(=O)c32)cc1. The Labute approximate surface area is 192 Å². The number of nitrogens with zero attached hydrogens (tertiary/aromatic N) is 1. The smallest absolute Gasteiger partial charge is 0.312 e. The Kier molecular flexibility index (Phi) is 6.40. The van der Waals surface area contributed by atoms with Crippen molar-refractivity contribution < 1.29 is 23.7 Å². The van der Waals surface area contributed by atoms with E-state index >= 15 is 0 Å². The van der Waals surface area contributed by atoms with Crippen LogP contribution >= 0.6 is 0 Å². The Morgan fingerprint density at radius 1 is 1.06 bits per heavy atom. The number of ether oxygens (including phenoxy) is 4. The van der Waals surface area contributed by atoms with Gasteiger partial charge in [0.2, 0.25) is 0 Å². The molecule has 7 heteroatoms. The van der Waals surface area contributed by atoms with E-state index in [1.54, 1.807) is 38.8 Å². The average molecular weight is 450 g/mol. The molecule has 0 aliphatic carbocycles. The Balaban J connectivity index is 1.68. The van der Waals surface area contributed by atoms with Crippen molar-refractivity contribution >= 4 is 5.97 Å². The lowest BCUT2D eigenvalue weighted by Crippen LogP contribution is -2.32. The summed E-state index contributed by atoms with van der Waals surface area (Å²) >= 11 is 0. The van der Waals surface area contributed by atoms with E-state index in [9.17, 15) is 9.59 Å². The fourth-order valence-electron chi connectivity index (χ4n) is 4.10. The fraction of sp³-hybridized carbons (Fsp3) is 0.308. The van der Waals surface area contributed by atoms with Crippen molar-refractivity contribution in [3.05, 3.63) is 81.3 Å². The molecule has 0 fully saturated rings. The predicted octanol–water partition coefficient (Wildman–Crippen LogP) is 3.77. The molecule has 1 aliphatic rings. The summed E-state index contributed by atoms with van der Waals surface area (Å²) in [5.41, 5.74) is 2.81. The highest BCUT2D eigenvalue weighted by molar-refractivity contribution is 5.78. The molecular weight excluding hydrogens is 422 g/mol. The number of fused-ring (bicyclic) bond motifs is 1. The molecule has 0 saturated carbocycles. The molecule has 2 aromatic carbocycles. The molecule has 4 rings (SSSR count). The first-order valence-electron chi connectivity index (χ1n) is 10.8. The summed E-state index contributed by atoms with van der Waals surface area (Å²) in [7, 11) is 4.92. The summed E-state index contributed by atoms with van der Waals surface area (Å²) in [4.78, 5) is 25.6. The molecule has 0 radical (unpaired) electrons. The second kappa shape index (κ2) is 9.40. The number of benzene rings is 2. The molecule has 172 valence electrons. The van der Waals surface area contributed by atoms with Crippen molar-refractivity contribution in [1.29, 1.82) is 0 Å². The zero-order valence-corrected chi connectivity index (χ0v) is 19.2. The van der Waals surface area contributed by atoms with Crippen LogP contribution in [0.3, 0.4) is 0 Å². The predicted molar refractivity (Wildman–Crippen MR) is 124 cm³/mol. The van der Waals surface area contributed by atoms with E-state index in [0.29, 0.717) is 41.5 Å². The topological polar surface area (TPSA) is 76.0 Å². The van der Waals surface area contributed by atoms with Crippen LogP contribution in [0.2, 0.25) is 0 Å². The van der Waals surface area contributed by atoms with E-state index in [2.05, 4.69) is 0 Å². The number of para-hydroxylation sites is 1. The average Bonchev–Trinajstić information content (AvgIpc) is 2.82. The fourth-order valence-corrected chi connectivity index (χ4v) is 4.10. The van der Waals surface area contributed by atoms with E-state index in [-0.39, 0.29) is 17.9 Å². The molecule has 7 nitrogen and oxygen atoms in total. The number of aryl methyl sites for hydroxylation is 1. The van der Waals surface area contributed by atoms with Gasteiger partial charge < -0.3 is 23.5 Å². The summed E-state index contributed by atoms with van der Waals surface area (Å²) in [5.74, 6) is 1.31. The van der Waals surface area contributed by atoms with Gasteiger partial charge in [-0.1, -0.05) is 24.3 Å². The third kappa shape index (κ3) is 4.44. The molecule has 3 aromatic rings. The van der Waals surface area contributed by atoms with Gasteiger partial charge in [-0.05, 0) is 30.7 Å². The van der Waals surface area contributed by atoms with E-state index in [4.69, 9.17) is 18.9 Å². The molecule has 1 aromatic heterocycles. The number of hydrogen-bond acceptors (Lipinski definition) is 6. The number of hydrogen-bond donors (Lipinski definition) is 0. The third-order valence-electron chi connectivity index (χ3n) is 6.01. The van der Waals surface area contributed by atoms with Crippen molar-refractivity contribution in [3.63, 3.8) is 0 Å². The van der Waals surface area contributed by atoms with Crippen LogP contribution in [0.1, 0.15) is 34.7 Å². The number of rotatable bonds is 7. The van der Waals surface area contributed by atoms with Crippen LogP contribution in [-0.2, 0) is 18.3 Å². The minimum Gasteiger partial charge on any atom is -0.497 e. The van der Waals surface area contributed by atoms with Crippen LogP contribution in [0.25, 0.3) is 0 Å². The van der Waals surface area contributed by atoms with Crippen molar-refractivity contribution in [2.45, 2.75) is 25.7 Å². The number of carbonyl (C=O) groups excluding carboxylic acids is 1. The molecule has 1 atom stereocenters. The van der Waals surface area contributed by atoms with E-state index in [1.165, 1.54) is 0 Å². The Morgan fingerprint density at radius 3 is 2.52 bits per heavy atom. The number of pyridine rings is 1. The summed E-state index contributed by atoms with van der Waals surface area (Å²) in [5, 5.41) is 0. The molecule has 1 unspecified atom stereocenters. The van der Waals surface area contributed by atoms with Gasteiger partial charge in [0.05, 0.1) is 32.8 Å². The first-order chi connectivity index (χ1) is 15.9. The highest BCUT2D eigenvalue weighted by Gasteiger charge is 2.34. The Morgan fingerprint density at radius 2 is 1.82 bits per heavy atom. The molecule has 0 saturated heterocycles. The van der Waals surface area contributed by atoms with Crippen LogP contribution in [0, 0.1) is 6.92 Å². The molecule has 0 amide bonds. The van der Waals surface area contributed by atoms with E-state index in [1.807, 2.05) is 42.5 Å². The van der Waals surface area contributed by atoms with Crippen LogP contribution in [0.15, 0.2) is 53.3 Å². The summed E-state index contributed by atoms with van der Waals surface area (Å²) in [6.45, 7) is 2.20. The number of methoxy groups -OCH3 is 2. The lowest BCUT2D eigenvalue weighted by atomic mass is 9.86. The monoisotopic (exact) mass is 449 g/mol. The van der Waals surface area contributed by atoms with E-state index in [0.717, 1.165) is 16.9 Å². The van der Waals surface area contributed by atoms with Gasteiger partial charge in [0, 0.05) is 36.7 Å². The van der Waals surface area contributed by atoms with Crippen LogP contribution in [0.4, 0.5) is 0 Å². The maximum Gasteiger partial charge on any atom is 0.312 e. The highest BCUT2D eigenvalue weighted by atomic mass is 16.5. The summed E-state index contributed by atoms with van der Waals surface area (Å²) in [6.07, 6.45) is 0.721. The van der Waals surface area contributed by atoms with E-state index < -0.39 is 5.92 Å². The number of esters is 1. The van der Waals surface area contributed by atoms with Crippen molar-refractivity contribution in [1.82, 2.24) is 4.57 Å². The van der Waals surface area contributed by atoms with Crippen LogP contribution in [0.5, 0.6) is 23.0 Å². The quantitative estimate of drug-likeness (QED) is 0.511. The largest absolute Gasteiger partial charge is 0.497 e. The van der Waals surface area contributed by atoms with Crippen molar-refractivity contribution in [3.8, 4) is 23.0 Å². The molecule has 0 bridgehead atoms. The number of aromatic nitrogens is 1. The second-order valence-electron chi connectivity index (χ2n) is 7.98. The second-order valence-corrected chi connectivity index (χ2v) is 7.98.